The number of amides is 1. The molecule has 0 aliphatic heterocycles. The first-order chi connectivity index (χ1) is 9.47. The van der Waals surface area contributed by atoms with Crippen molar-refractivity contribution in [2.75, 3.05) is 5.32 Å². The van der Waals surface area contributed by atoms with Gasteiger partial charge in [-0.1, -0.05) is 11.6 Å². The average Bonchev–Trinajstić information content (AvgIpc) is 2.41. The van der Waals surface area contributed by atoms with E-state index in [1.807, 2.05) is 0 Å². The molecule has 0 fully saturated rings. The molecule has 1 heterocycles. The number of carbonyl (C=O) groups excluding carboxylic acids is 1. The van der Waals surface area contributed by atoms with Crippen LogP contribution in [0.3, 0.4) is 0 Å². The van der Waals surface area contributed by atoms with Gasteiger partial charge in [0, 0.05) is 4.47 Å². The zero-order valence-electron chi connectivity index (χ0n) is 9.80. The van der Waals surface area contributed by atoms with Crippen LogP contribution in [0, 0.1) is 0 Å². The van der Waals surface area contributed by atoms with Gasteiger partial charge in [0.1, 0.15) is 0 Å². The molecule has 0 bridgehead atoms. The number of aromatic nitrogens is 2. The Morgan fingerprint density at radius 3 is 2.50 bits per heavy atom. The van der Waals surface area contributed by atoms with Gasteiger partial charge in [-0.2, -0.15) is 0 Å². The Morgan fingerprint density at radius 2 is 1.95 bits per heavy atom. The number of hydrogen-bond donors (Lipinski definition) is 2. The number of rotatable bonds is 3. The van der Waals surface area contributed by atoms with Crippen molar-refractivity contribution in [3.8, 4) is 0 Å². The number of benzene rings is 1. The minimum atomic E-state index is -1.05. The molecule has 0 atom stereocenters. The van der Waals surface area contributed by atoms with Gasteiger partial charge in [-0.05, 0) is 46.3 Å². The smallest absolute Gasteiger partial charge is 0.335 e. The third-order valence-corrected chi connectivity index (χ3v) is 3.19. The maximum Gasteiger partial charge on any atom is 0.335 e. The van der Waals surface area contributed by atoms with Gasteiger partial charge in [0.25, 0.3) is 5.91 Å². The first-order valence-electron chi connectivity index (χ1n) is 5.31. The molecular weight excluding hydrogens is 350 g/mol. The summed E-state index contributed by atoms with van der Waals surface area (Å²) in [5.41, 5.74) is 0.640. The van der Waals surface area contributed by atoms with Crippen LogP contribution in [-0.4, -0.2) is 27.2 Å². The lowest BCUT2D eigenvalue weighted by Gasteiger charge is -2.07. The number of halogens is 2. The highest BCUT2D eigenvalue weighted by atomic mass is 79.9. The van der Waals surface area contributed by atoms with Crippen LogP contribution in [0.15, 0.2) is 34.8 Å². The predicted molar refractivity (Wildman–Crippen MR) is 76.1 cm³/mol. The second kappa shape index (κ2) is 5.98. The van der Waals surface area contributed by atoms with Crippen molar-refractivity contribution in [1.82, 2.24) is 10.2 Å². The lowest BCUT2D eigenvalue weighted by atomic mass is 10.2. The van der Waals surface area contributed by atoms with Crippen LogP contribution in [0.5, 0.6) is 0 Å². The zero-order valence-corrected chi connectivity index (χ0v) is 12.1. The number of nitrogens with zero attached hydrogens (tertiary/aromatic N) is 2. The quantitative estimate of drug-likeness (QED) is 0.882. The van der Waals surface area contributed by atoms with Gasteiger partial charge in [-0.15, -0.1) is 10.2 Å². The topological polar surface area (TPSA) is 92.2 Å². The van der Waals surface area contributed by atoms with Gasteiger partial charge in [-0.3, -0.25) is 4.79 Å². The molecule has 2 N–H and O–H groups in total. The van der Waals surface area contributed by atoms with Crippen molar-refractivity contribution in [2.24, 2.45) is 0 Å². The van der Waals surface area contributed by atoms with E-state index in [2.05, 4.69) is 31.4 Å². The standard InChI is InChI=1S/C12H7BrClN3O3/c13-7-5-6(12(19)20)1-2-8(7)15-11(18)9-3-4-10(14)17-16-9/h1-5H,(H,15,18)(H,19,20). The van der Waals surface area contributed by atoms with Crippen LogP contribution in [0.2, 0.25) is 5.15 Å². The molecule has 0 saturated carbocycles. The van der Waals surface area contributed by atoms with Gasteiger partial charge in [0.2, 0.25) is 0 Å². The van der Waals surface area contributed by atoms with Crippen molar-refractivity contribution >= 4 is 45.1 Å². The molecule has 0 spiro atoms. The van der Waals surface area contributed by atoms with Gasteiger partial charge in [0.05, 0.1) is 11.3 Å². The fourth-order valence-electron chi connectivity index (χ4n) is 1.37. The number of hydrogen-bond acceptors (Lipinski definition) is 4. The minimum Gasteiger partial charge on any atom is -0.478 e. The molecule has 2 rings (SSSR count). The molecule has 0 aliphatic carbocycles. The lowest BCUT2D eigenvalue weighted by molar-refractivity contribution is 0.0696. The summed E-state index contributed by atoms with van der Waals surface area (Å²) < 4.78 is 0.452. The Hall–Kier alpha value is -1.99. The Balaban J connectivity index is 2.19. The van der Waals surface area contributed by atoms with Gasteiger partial charge in [0.15, 0.2) is 10.8 Å². The molecule has 1 aromatic heterocycles. The van der Waals surface area contributed by atoms with Gasteiger partial charge < -0.3 is 10.4 Å². The number of carboxylic acids is 1. The summed E-state index contributed by atoms with van der Waals surface area (Å²) in [5, 5.41) is 18.8. The molecular formula is C12H7BrClN3O3. The molecule has 0 saturated heterocycles. The van der Waals surface area contributed by atoms with E-state index >= 15 is 0 Å². The third kappa shape index (κ3) is 3.31. The van der Waals surface area contributed by atoms with E-state index < -0.39 is 11.9 Å². The van der Waals surface area contributed by atoms with E-state index in [4.69, 9.17) is 16.7 Å². The number of carboxylic acid groups (broad SMARTS) is 1. The summed E-state index contributed by atoms with van der Waals surface area (Å²) >= 11 is 8.77. The molecule has 0 radical (unpaired) electrons. The second-order valence-corrected chi connectivity index (χ2v) is 4.94. The molecule has 8 heteroatoms. The Kier molecular flexibility index (Phi) is 4.31. The highest BCUT2D eigenvalue weighted by molar-refractivity contribution is 9.10. The molecule has 102 valence electrons. The van der Waals surface area contributed by atoms with Crippen LogP contribution in [-0.2, 0) is 0 Å². The summed E-state index contributed by atoms with van der Waals surface area (Å²) in [6.45, 7) is 0. The average molecular weight is 357 g/mol. The maximum absolute atomic E-state index is 11.9. The van der Waals surface area contributed by atoms with E-state index in [-0.39, 0.29) is 16.4 Å². The van der Waals surface area contributed by atoms with Crippen molar-refractivity contribution in [3.63, 3.8) is 0 Å². The fourth-order valence-corrected chi connectivity index (χ4v) is 1.95. The Morgan fingerprint density at radius 1 is 1.20 bits per heavy atom. The molecule has 0 unspecified atom stereocenters. The number of aromatic carboxylic acids is 1. The molecule has 1 aromatic carbocycles. The fraction of sp³-hybridized carbons (Fsp3) is 0. The minimum absolute atomic E-state index is 0.101. The van der Waals surface area contributed by atoms with E-state index in [9.17, 15) is 9.59 Å². The predicted octanol–water partition coefficient (Wildman–Crippen LogP) is 2.84. The summed E-state index contributed by atoms with van der Waals surface area (Å²) in [5.74, 6) is -1.52. The zero-order chi connectivity index (χ0) is 14.7. The van der Waals surface area contributed by atoms with Crippen LogP contribution < -0.4 is 5.32 Å². The summed E-state index contributed by atoms with van der Waals surface area (Å²) in [4.78, 5) is 22.7. The Labute approximate surface area is 126 Å². The largest absolute Gasteiger partial charge is 0.478 e. The van der Waals surface area contributed by atoms with Crippen LogP contribution in [0.4, 0.5) is 5.69 Å². The molecule has 20 heavy (non-hydrogen) atoms. The van der Waals surface area contributed by atoms with E-state index in [1.165, 1.54) is 30.3 Å². The van der Waals surface area contributed by atoms with Gasteiger partial charge >= 0.3 is 5.97 Å². The van der Waals surface area contributed by atoms with Crippen LogP contribution >= 0.6 is 27.5 Å². The SMILES string of the molecule is O=C(O)c1ccc(NC(=O)c2ccc(Cl)nn2)c(Br)c1. The molecule has 2 aromatic rings. The number of carbonyl (C=O) groups is 2. The monoisotopic (exact) mass is 355 g/mol. The second-order valence-electron chi connectivity index (χ2n) is 3.70. The third-order valence-electron chi connectivity index (χ3n) is 2.33. The van der Waals surface area contributed by atoms with Crippen LogP contribution in [0.1, 0.15) is 20.8 Å². The van der Waals surface area contributed by atoms with Crippen molar-refractivity contribution in [2.45, 2.75) is 0 Å². The Bertz CT molecular complexity index is 676. The summed E-state index contributed by atoms with van der Waals surface area (Å²) in [6.07, 6.45) is 0. The first kappa shape index (κ1) is 14.4. The van der Waals surface area contributed by atoms with E-state index in [0.29, 0.717) is 10.2 Å². The van der Waals surface area contributed by atoms with Crippen molar-refractivity contribution in [1.29, 1.82) is 0 Å². The summed E-state index contributed by atoms with van der Waals surface area (Å²) in [7, 11) is 0. The highest BCUT2D eigenvalue weighted by Gasteiger charge is 2.12. The van der Waals surface area contributed by atoms with E-state index in [0.717, 1.165) is 0 Å². The molecule has 1 amide bonds. The van der Waals surface area contributed by atoms with Crippen molar-refractivity contribution < 1.29 is 14.7 Å². The number of nitrogens with one attached hydrogen (secondary N) is 1. The van der Waals surface area contributed by atoms with Crippen LogP contribution in [0.25, 0.3) is 0 Å². The van der Waals surface area contributed by atoms with Crippen molar-refractivity contribution in [3.05, 3.63) is 51.2 Å². The first-order valence-corrected chi connectivity index (χ1v) is 6.48. The molecule has 0 aliphatic rings. The lowest BCUT2D eigenvalue weighted by Crippen LogP contribution is -2.14. The number of anilines is 1. The van der Waals surface area contributed by atoms with E-state index in [1.54, 1.807) is 0 Å². The maximum atomic E-state index is 11.9. The highest BCUT2D eigenvalue weighted by Crippen LogP contribution is 2.24. The normalized spacial score (nSPS) is 10.1. The molecule has 6 nitrogen and oxygen atoms in total. The summed E-state index contributed by atoms with van der Waals surface area (Å²) in [6, 6.07) is 7.15. The van der Waals surface area contributed by atoms with Gasteiger partial charge in [-0.25, -0.2) is 4.79 Å².